The van der Waals surface area contributed by atoms with Crippen molar-refractivity contribution >= 4 is 45.8 Å². The number of likely N-dealkylation sites (tertiary alicyclic amines) is 1. The summed E-state index contributed by atoms with van der Waals surface area (Å²) >= 11 is 7.64. The first-order valence-electron chi connectivity index (χ1n) is 9.61. The predicted octanol–water partition coefficient (Wildman–Crippen LogP) is 5.24. The number of benzene rings is 2. The van der Waals surface area contributed by atoms with Crippen LogP contribution in [0.4, 0.5) is 10.5 Å². The number of aliphatic imine (C=N–C) groups is 2. The minimum atomic E-state index is -0.465. The van der Waals surface area contributed by atoms with E-state index in [2.05, 4.69) is 5.32 Å². The molecule has 0 unspecified atom stereocenters. The molecule has 0 aromatic heterocycles. The minimum absolute atomic E-state index is 0.0700. The van der Waals surface area contributed by atoms with Crippen molar-refractivity contribution in [3.8, 4) is 0 Å². The van der Waals surface area contributed by atoms with Crippen molar-refractivity contribution in [2.45, 2.75) is 25.4 Å². The van der Waals surface area contributed by atoms with Gasteiger partial charge in [0.2, 0.25) is 0 Å². The van der Waals surface area contributed by atoms with Gasteiger partial charge in [0.05, 0.1) is 5.71 Å². The van der Waals surface area contributed by atoms with Crippen LogP contribution in [0, 0.1) is 6.92 Å². The molecule has 1 saturated heterocycles. The average Bonchev–Trinajstić information content (AvgIpc) is 3.07. The Balaban J connectivity index is 1.46. The molecule has 5 nitrogen and oxygen atoms in total. The maximum absolute atomic E-state index is 12.6. The Hall–Kier alpha value is -2.31. The molecular weight excluding hydrogens is 404 g/mol. The lowest BCUT2D eigenvalue weighted by Crippen LogP contribution is -2.46. The number of piperidine rings is 1. The number of anilines is 1. The molecule has 1 N–H and O–H groups in total. The van der Waals surface area contributed by atoms with Gasteiger partial charge in [0, 0.05) is 42.2 Å². The molecule has 0 bridgehead atoms. The first-order chi connectivity index (χ1) is 14.0. The summed E-state index contributed by atoms with van der Waals surface area (Å²) in [4.78, 5) is 24.5. The Morgan fingerprint density at radius 3 is 2.52 bits per heavy atom. The molecule has 2 aliphatic heterocycles. The SMILES string of the molecule is CSC1=NC2(CCN(C(=O)Nc3cccc(C)c3)CC2)N=C1c1ccc(Cl)cc1. The van der Waals surface area contributed by atoms with Crippen LogP contribution in [-0.2, 0) is 0 Å². The van der Waals surface area contributed by atoms with Gasteiger partial charge in [-0.25, -0.2) is 9.79 Å². The van der Waals surface area contributed by atoms with Gasteiger partial charge in [-0.2, -0.15) is 0 Å². The predicted molar refractivity (Wildman–Crippen MR) is 123 cm³/mol. The van der Waals surface area contributed by atoms with Crippen LogP contribution in [0.25, 0.3) is 0 Å². The molecule has 2 aromatic carbocycles. The normalized spacial score (nSPS) is 17.8. The minimum Gasteiger partial charge on any atom is -0.324 e. The fourth-order valence-corrected chi connectivity index (χ4v) is 4.42. The molecule has 1 spiro atoms. The van der Waals surface area contributed by atoms with Crippen LogP contribution in [0.3, 0.4) is 0 Å². The molecule has 7 heteroatoms. The number of hydrogen-bond acceptors (Lipinski definition) is 4. The van der Waals surface area contributed by atoms with Gasteiger partial charge in [0.25, 0.3) is 0 Å². The van der Waals surface area contributed by atoms with Crippen LogP contribution in [0.15, 0.2) is 58.5 Å². The van der Waals surface area contributed by atoms with Crippen LogP contribution < -0.4 is 5.32 Å². The average molecular weight is 427 g/mol. The third-order valence-corrected chi connectivity index (χ3v) is 6.19. The van der Waals surface area contributed by atoms with E-state index in [-0.39, 0.29) is 6.03 Å². The summed E-state index contributed by atoms with van der Waals surface area (Å²) in [5, 5.41) is 4.65. The second-order valence-electron chi connectivity index (χ2n) is 7.36. The highest BCUT2D eigenvalue weighted by Crippen LogP contribution is 2.35. The van der Waals surface area contributed by atoms with Gasteiger partial charge in [-0.3, -0.25) is 4.99 Å². The topological polar surface area (TPSA) is 57.1 Å². The van der Waals surface area contributed by atoms with E-state index >= 15 is 0 Å². The zero-order valence-electron chi connectivity index (χ0n) is 16.5. The summed E-state index contributed by atoms with van der Waals surface area (Å²) in [5.74, 6) is 0. The zero-order chi connectivity index (χ0) is 20.4. The van der Waals surface area contributed by atoms with Crippen molar-refractivity contribution < 1.29 is 4.79 Å². The highest BCUT2D eigenvalue weighted by atomic mass is 35.5. The molecule has 150 valence electrons. The molecule has 2 aromatic rings. The van der Waals surface area contributed by atoms with Crippen molar-refractivity contribution in [3.05, 3.63) is 64.7 Å². The lowest BCUT2D eigenvalue weighted by Gasteiger charge is -2.35. The van der Waals surface area contributed by atoms with Crippen molar-refractivity contribution in [2.75, 3.05) is 24.7 Å². The summed E-state index contributed by atoms with van der Waals surface area (Å²) in [5.41, 5.74) is 3.43. The van der Waals surface area contributed by atoms with Crippen LogP contribution in [0.2, 0.25) is 5.02 Å². The van der Waals surface area contributed by atoms with Crippen LogP contribution in [0.5, 0.6) is 0 Å². The third kappa shape index (κ3) is 4.33. The number of amides is 2. The Morgan fingerprint density at radius 2 is 1.86 bits per heavy atom. The first kappa shape index (κ1) is 20.0. The number of aryl methyl sites for hydroxylation is 1. The maximum Gasteiger partial charge on any atom is 0.321 e. The molecule has 0 saturated carbocycles. The Labute approximate surface area is 180 Å². The molecule has 2 aliphatic rings. The quantitative estimate of drug-likeness (QED) is 0.714. The highest BCUT2D eigenvalue weighted by Gasteiger charge is 2.40. The van der Waals surface area contributed by atoms with Gasteiger partial charge in [-0.1, -0.05) is 35.9 Å². The van der Waals surface area contributed by atoms with Crippen LogP contribution >= 0.6 is 23.4 Å². The van der Waals surface area contributed by atoms with Gasteiger partial charge in [0.15, 0.2) is 5.66 Å². The van der Waals surface area contributed by atoms with Gasteiger partial charge >= 0.3 is 6.03 Å². The molecule has 0 radical (unpaired) electrons. The summed E-state index contributed by atoms with van der Waals surface area (Å²) in [6.07, 6.45) is 3.46. The molecule has 2 heterocycles. The zero-order valence-corrected chi connectivity index (χ0v) is 18.1. The molecular formula is C22H23ClN4OS. The van der Waals surface area contributed by atoms with Crippen molar-refractivity contribution in [2.24, 2.45) is 9.98 Å². The van der Waals surface area contributed by atoms with Crippen LogP contribution in [0.1, 0.15) is 24.0 Å². The lowest BCUT2D eigenvalue weighted by atomic mass is 9.98. The largest absolute Gasteiger partial charge is 0.324 e. The number of thioether (sulfide) groups is 1. The van der Waals surface area contributed by atoms with Gasteiger partial charge in [-0.15, -0.1) is 11.8 Å². The van der Waals surface area contributed by atoms with Crippen molar-refractivity contribution in [1.29, 1.82) is 0 Å². The van der Waals surface area contributed by atoms with Gasteiger partial charge in [0.1, 0.15) is 5.04 Å². The highest BCUT2D eigenvalue weighted by molar-refractivity contribution is 8.15. The fraction of sp³-hybridized carbons (Fsp3) is 0.318. The number of carbonyl (C=O) groups excluding carboxylic acids is 1. The number of rotatable bonds is 2. The number of urea groups is 1. The Kier molecular flexibility index (Phi) is 5.65. The van der Waals surface area contributed by atoms with Crippen molar-refractivity contribution in [3.63, 3.8) is 0 Å². The first-order valence-corrected chi connectivity index (χ1v) is 11.2. The molecule has 2 amide bonds. The number of carbonyl (C=O) groups is 1. The monoisotopic (exact) mass is 426 g/mol. The number of halogens is 1. The molecule has 0 aliphatic carbocycles. The third-order valence-electron chi connectivity index (χ3n) is 5.26. The molecule has 1 fully saturated rings. The van der Waals surface area contributed by atoms with E-state index in [0.717, 1.165) is 40.4 Å². The summed E-state index contributed by atoms with van der Waals surface area (Å²) in [7, 11) is 0. The standard InChI is InChI=1S/C22H23ClN4OS/c1-15-4-3-5-18(14-15)24-21(28)27-12-10-22(11-13-27)25-19(20(26-22)29-2)16-6-8-17(23)9-7-16/h3-9,14H,10-13H2,1-2H3,(H,24,28). The van der Waals surface area contributed by atoms with E-state index < -0.39 is 5.66 Å². The smallest absolute Gasteiger partial charge is 0.321 e. The van der Waals surface area contributed by atoms with E-state index in [1.807, 2.05) is 66.6 Å². The Morgan fingerprint density at radius 1 is 1.14 bits per heavy atom. The van der Waals surface area contributed by atoms with E-state index in [4.69, 9.17) is 21.6 Å². The second kappa shape index (κ2) is 8.20. The maximum atomic E-state index is 12.6. The molecule has 29 heavy (non-hydrogen) atoms. The molecule has 4 rings (SSSR count). The number of nitrogens with zero attached hydrogens (tertiary/aromatic N) is 3. The van der Waals surface area contributed by atoms with Gasteiger partial charge < -0.3 is 10.2 Å². The van der Waals surface area contributed by atoms with E-state index in [1.165, 1.54) is 0 Å². The number of nitrogens with one attached hydrogen (secondary N) is 1. The summed E-state index contributed by atoms with van der Waals surface area (Å²) in [6, 6.07) is 15.5. The Bertz CT molecular complexity index is 979. The number of hydrogen-bond donors (Lipinski definition) is 1. The van der Waals surface area contributed by atoms with Crippen LogP contribution in [-0.4, -0.2) is 46.7 Å². The second-order valence-corrected chi connectivity index (χ2v) is 8.59. The van der Waals surface area contributed by atoms with E-state index in [9.17, 15) is 4.79 Å². The van der Waals surface area contributed by atoms with Crippen molar-refractivity contribution in [1.82, 2.24) is 4.90 Å². The van der Waals surface area contributed by atoms with Gasteiger partial charge in [-0.05, 0) is 43.0 Å². The fourth-order valence-electron chi connectivity index (χ4n) is 3.68. The van der Waals surface area contributed by atoms with E-state index in [0.29, 0.717) is 18.1 Å². The molecule has 0 atom stereocenters. The summed E-state index contributed by atoms with van der Waals surface area (Å²) < 4.78 is 0. The lowest BCUT2D eigenvalue weighted by molar-refractivity contribution is 0.175. The van der Waals surface area contributed by atoms with E-state index in [1.54, 1.807) is 11.8 Å². The summed E-state index contributed by atoms with van der Waals surface area (Å²) in [6.45, 7) is 3.26.